The first-order valence-electron chi connectivity index (χ1n) is 5.89. The molecular weight excluding hydrogens is 217 g/mol. The van der Waals surface area contributed by atoms with Gasteiger partial charge < -0.3 is 0 Å². The Labute approximate surface area is 102 Å². The minimum atomic E-state index is -0.193. The van der Waals surface area contributed by atoms with Crippen LogP contribution in [0.3, 0.4) is 0 Å². The number of ketones is 1. The second-order valence-corrected chi connectivity index (χ2v) is 4.62. The van der Waals surface area contributed by atoms with E-state index in [1.54, 1.807) is 19.1 Å². The van der Waals surface area contributed by atoms with Crippen LogP contribution in [-0.2, 0) is 4.79 Å². The quantitative estimate of drug-likeness (QED) is 0.784. The third-order valence-electron chi connectivity index (χ3n) is 3.24. The number of nitrogens with zero attached hydrogens (tertiary/aromatic N) is 1. The maximum atomic E-state index is 13.6. The molecule has 3 heteroatoms. The summed E-state index contributed by atoms with van der Waals surface area (Å²) in [6, 6.07) is 6.85. The Morgan fingerprint density at radius 1 is 1.35 bits per heavy atom. The van der Waals surface area contributed by atoms with Crippen LogP contribution in [0, 0.1) is 5.82 Å². The van der Waals surface area contributed by atoms with Crippen LogP contribution in [0.25, 0.3) is 0 Å². The molecule has 0 spiro atoms. The van der Waals surface area contributed by atoms with Gasteiger partial charge in [0.25, 0.3) is 0 Å². The lowest BCUT2D eigenvalue weighted by Gasteiger charge is -2.30. The van der Waals surface area contributed by atoms with E-state index in [4.69, 9.17) is 0 Å². The van der Waals surface area contributed by atoms with Crippen molar-refractivity contribution >= 4 is 5.78 Å². The molecule has 17 heavy (non-hydrogen) atoms. The molecule has 0 fully saturated rings. The van der Waals surface area contributed by atoms with Crippen molar-refractivity contribution in [3.63, 3.8) is 0 Å². The molecule has 0 N–H and O–H groups in total. The van der Waals surface area contributed by atoms with Crippen LogP contribution in [0.1, 0.15) is 38.8 Å². The van der Waals surface area contributed by atoms with Gasteiger partial charge in [-0.2, -0.15) is 0 Å². The maximum Gasteiger partial charge on any atom is 0.131 e. The van der Waals surface area contributed by atoms with Gasteiger partial charge in [0.05, 0.1) is 0 Å². The van der Waals surface area contributed by atoms with Crippen LogP contribution in [-0.4, -0.2) is 23.8 Å². The van der Waals surface area contributed by atoms with E-state index < -0.39 is 0 Å². The van der Waals surface area contributed by atoms with Gasteiger partial charge in [-0.3, -0.25) is 9.69 Å². The van der Waals surface area contributed by atoms with Crippen LogP contribution < -0.4 is 0 Å². The van der Waals surface area contributed by atoms with Crippen LogP contribution in [0.4, 0.5) is 4.39 Å². The Morgan fingerprint density at radius 2 is 1.94 bits per heavy atom. The summed E-state index contributed by atoms with van der Waals surface area (Å²) >= 11 is 0. The number of hydrogen-bond donors (Lipinski definition) is 0. The molecule has 0 bridgehead atoms. The summed E-state index contributed by atoms with van der Waals surface area (Å²) in [5, 5.41) is 0. The SMILES string of the molecule is CC(=O)CC(C)N(C)C(C)c1ccccc1F. The maximum absolute atomic E-state index is 13.6. The molecule has 0 aliphatic carbocycles. The highest BCUT2D eigenvalue weighted by molar-refractivity contribution is 5.76. The molecule has 0 radical (unpaired) electrons. The Bertz CT molecular complexity index is 392. The average molecular weight is 237 g/mol. The summed E-state index contributed by atoms with van der Waals surface area (Å²) in [7, 11) is 1.92. The van der Waals surface area contributed by atoms with Crippen LogP contribution in [0.5, 0.6) is 0 Å². The van der Waals surface area contributed by atoms with Gasteiger partial charge in [0.15, 0.2) is 0 Å². The number of benzene rings is 1. The van der Waals surface area contributed by atoms with Crippen LogP contribution in [0.15, 0.2) is 24.3 Å². The predicted octanol–water partition coefficient (Wildman–Crippen LogP) is 3.19. The number of carbonyl (C=O) groups excluding carboxylic acids is 1. The number of Topliss-reactive ketones (excluding diaryl/α,β-unsaturated/α-hetero) is 1. The first-order valence-corrected chi connectivity index (χ1v) is 5.89. The molecule has 94 valence electrons. The second kappa shape index (κ2) is 5.92. The lowest BCUT2D eigenvalue weighted by atomic mass is 10.0. The Morgan fingerprint density at radius 3 is 2.47 bits per heavy atom. The van der Waals surface area contributed by atoms with Crippen molar-refractivity contribution in [1.82, 2.24) is 4.90 Å². The third-order valence-corrected chi connectivity index (χ3v) is 3.24. The molecule has 0 aromatic heterocycles. The molecule has 2 unspecified atom stereocenters. The fraction of sp³-hybridized carbons (Fsp3) is 0.500. The highest BCUT2D eigenvalue weighted by atomic mass is 19.1. The fourth-order valence-corrected chi connectivity index (χ4v) is 1.98. The third kappa shape index (κ3) is 3.63. The van der Waals surface area contributed by atoms with Gasteiger partial charge in [-0.15, -0.1) is 0 Å². The van der Waals surface area contributed by atoms with Gasteiger partial charge >= 0.3 is 0 Å². The smallest absolute Gasteiger partial charge is 0.131 e. The standard InChI is InChI=1S/C14H20FNO/c1-10(9-11(2)17)16(4)12(3)13-7-5-6-8-14(13)15/h5-8,10,12H,9H2,1-4H3. The predicted molar refractivity (Wildman–Crippen MR) is 67.3 cm³/mol. The normalized spacial score (nSPS) is 14.7. The average Bonchev–Trinajstić information content (AvgIpc) is 2.27. The first-order chi connectivity index (χ1) is 7.93. The second-order valence-electron chi connectivity index (χ2n) is 4.62. The summed E-state index contributed by atoms with van der Waals surface area (Å²) in [5.74, 6) is -0.0352. The summed E-state index contributed by atoms with van der Waals surface area (Å²) < 4.78 is 13.6. The Balaban J connectivity index is 2.79. The lowest BCUT2D eigenvalue weighted by Crippen LogP contribution is -2.33. The molecule has 1 aromatic carbocycles. The molecule has 1 rings (SSSR count). The van der Waals surface area contributed by atoms with E-state index in [9.17, 15) is 9.18 Å². The van der Waals surface area contributed by atoms with E-state index in [1.807, 2.05) is 31.9 Å². The van der Waals surface area contributed by atoms with Crippen molar-refractivity contribution in [1.29, 1.82) is 0 Å². The van der Waals surface area contributed by atoms with E-state index >= 15 is 0 Å². The highest BCUT2D eigenvalue weighted by Gasteiger charge is 2.20. The van der Waals surface area contributed by atoms with Gasteiger partial charge in [0.2, 0.25) is 0 Å². The number of halogens is 1. The topological polar surface area (TPSA) is 20.3 Å². The van der Waals surface area contributed by atoms with Gasteiger partial charge in [0.1, 0.15) is 11.6 Å². The molecular formula is C14H20FNO. The number of rotatable bonds is 5. The van der Waals surface area contributed by atoms with E-state index in [0.717, 1.165) is 0 Å². The Kier molecular flexibility index (Phi) is 4.82. The summed E-state index contributed by atoms with van der Waals surface area (Å²) in [4.78, 5) is 13.1. The van der Waals surface area contributed by atoms with E-state index in [2.05, 4.69) is 0 Å². The summed E-state index contributed by atoms with van der Waals surface area (Å²) in [6.45, 7) is 5.52. The largest absolute Gasteiger partial charge is 0.300 e. The molecule has 0 aliphatic heterocycles. The molecule has 1 aromatic rings. The van der Waals surface area contributed by atoms with E-state index in [1.165, 1.54) is 6.07 Å². The number of hydrogen-bond acceptors (Lipinski definition) is 2. The van der Waals surface area contributed by atoms with Crippen molar-refractivity contribution in [3.05, 3.63) is 35.6 Å². The molecule has 0 amide bonds. The zero-order valence-electron chi connectivity index (χ0n) is 10.9. The molecule has 0 saturated heterocycles. The molecule has 2 atom stereocenters. The summed E-state index contributed by atoms with van der Waals surface area (Å²) in [5.41, 5.74) is 0.672. The zero-order valence-corrected chi connectivity index (χ0v) is 10.9. The highest BCUT2D eigenvalue weighted by Crippen LogP contribution is 2.24. The lowest BCUT2D eigenvalue weighted by molar-refractivity contribution is -0.118. The van der Waals surface area contributed by atoms with Gasteiger partial charge in [-0.1, -0.05) is 18.2 Å². The van der Waals surface area contributed by atoms with E-state index in [0.29, 0.717) is 12.0 Å². The van der Waals surface area contributed by atoms with Gasteiger partial charge in [0, 0.05) is 24.1 Å². The number of carbonyl (C=O) groups is 1. The molecule has 2 nitrogen and oxygen atoms in total. The van der Waals surface area contributed by atoms with Crippen LogP contribution in [0.2, 0.25) is 0 Å². The molecule has 0 heterocycles. The van der Waals surface area contributed by atoms with Crippen molar-refractivity contribution < 1.29 is 9.18 Å². The minimum absolute atomic E-state index is 0.0365. The first kappa shape index (κ1) is 13.8. The minimum Gasteiger partial charge on any atom is -0.300 e. The zero-order chi connectivity index (χ0) is 13.0. The fourth-order valence-electron chi connectivity index (χ4n) is 1.98. The van der Waals surface area contributed by atoms with Crippen molar-refractivity contribution in [2.45, 2.75) is 39.3 Å². The van der Waals surface area contributed by atoms with Crippen LogP contribution >= 0.6 is 0 Å². The van der Waals surface area contributed by atoms with Crippen molar-refractivity contribution in [2.75, 3.05) is 7.05 Å². The van der Waals surface area contributed by atoms with E-state index in [-0.39, 0.29) is 23.7 Å². The van der Waals surface area contributed by atoms with Crippen molar-refractivity contribution in [3.8, 4) is 0 Å². The Hall–Kier alpha value is -1.22. The van der Waals surface area contributed by atoms with Gasteiger partial charge in [-0.25, -0.2) is 4.39 Å². The molecule has 0 aliphatic rings. The molecule has 0 saturated carbocycles. The van der Waals surface area contributed by atoms with Crippen molar-refractivity contribution in [2.24, 2.45) is 0 Å². The summed E-state index contributed by atoms with van der Waals surface area (Å²) in [6.07, 6.45) is 0.495. The monoisotopic (exact) mass is 237 g/mol. The van der Waals surface area contributed by atoms with Gasteiger partial charge in [-0.05, 0) is 33.9 Å².